The van der Waals surface area contributed by atoms with Crippen molar-refractivity contribution in [3.05, 3.63) is 52.5 Å². The summed E-state index contributed by atoms with van der Waals surface area (Å²) in [6.07, 6.45) is 0. The van der Waals surface area contributed by atoms with Crippen LogP contribution in [0.3, 0.4) is 0 Å². The van der Waals surface area contributed by atoms with Gasteiger partial charge in [-0.3, -0.25) is 4.79 Å². The molecule has 0 unspecified atom stereocenters. The van der Waals surface area contributed by atoms with E-state index in [1.165, 1.54) is 7.11 Å². The minimum atomic E-state index is -0.327. The maximum absolute atomic E-state index is 12.1. The maximum atomic E-state index is 12.1. The minimum Gasteiger partial charge on any atom is -0.493 e. The molecule has 0 aliphatic heterocycles. The molecule has 0 saturated carbocycles. The second kappa shape index (κ2) is 9.11. The van der Waals surface area contributed by atoms with E-state index in [0.717, 1.165) is 4.47 Å². The van der Waals surface area contributed by atoms with Crippen LogP contribution in [0.5, 0.6) is 11.5 Å². The van der Waals surface area contributed by atoms with E-state index in [0.29, 0.717) is 22.7 Å². The van der Waals surface area contributed by atoms with Crippen molar-refractivity contribution in [2.45, 2.75) is 0 Å². The summed E-state index contributed by atoms with van der Waals surface area (Å²) in [6.45, 7) is -0.220. The average molecular weight is 469 g/mol. The molecule has 0 aliphatic rings. The van der Waals surface area contributed by atoms with Crippen molar-refractivity contribution in [2.24, 2.45) is 0 Å². The second-order valence-corrected chi connectivity index (χ2v) is 6.93. The molecular weight excluding hydrogens is 452 g/mol. The Bertz CT molecular complexity index is 1130. The molecular formula is C20H17BrN6O3. The zero-order valence-electron chi connectivity index (χ0n) is 15.8. The number of nitrogens with two attached hydrogens (primary N) is 2. The number of aromatic nitrogens is 2. The summed E-state index contributed by atoms with van der Waals surface area (Å²) in [4.78, 5) is 20.1. The number of carbonyl (C=O) groups excluding carboxylic acids is 1. The van der Waals surface area contributed by atoms with Crippen LogP contribution in [0.25, 0.3) is 11.3 Å². The number of benzene rings is 2. The van der Waals surface area contributed by atoms with E-state index in [-0.39, 0.29) is 35.5 Å². The molecule has 0 atom stereocenters. The predicted molar refractivity (Wildman–Crippen MR) is 116 cm³/mol. The van der Waals surface area contributed by atoms with Crippen LogP contribution in [-0.4, -0.2) is 29.6 Å². The number of nitrogen functional groups attached to an aromatic ring is 2. The molecule has 1 aromatic heterocycles. The molecule has 0 aliphatic carbocycles. The highest BCUT2D eigenvalue weighted by molar-refractivity contribution is 9.10. The Morgan fingerprint density at radius 3 is 2.57 bits per heavy atom. The van der Waals surface area contributed by atoms with E-state index >= 15 is 0 Å². The Hall–Kier alpha value is -3.84. The van der Waals surface area contributed by atoms with Crippen molar-refractivity contribution in [1.29, 1.82) is 5.26 Å². The van der Waals surface area contributed by atoms with Gasteiger partial charge in [0, 0.05) is 15.7 Å². The first-order chi connectivity index (χ1) is 14.4. The SMILES string of the molecule is COc1cc(-c2nc(N)nc(N)c2C#N)ccc1OCC(=O)Nc1ccc(Br)cc1. The fraction of sp³-hybridized carbons (Fsp3) is 0.100. The van der Waals surface area contributed by atoms with Gasteiger partial charge in [0.1, 0.15) is 17.5 Å². The first kappa shape index (κ1) is 20.9. The monoisotopic (exact) mass is 468 g/mol. The first-order valence-electron chi connectivity index (χ1n) is 8.61. The lowest BCUT2D eigenvalue weighted by atomic mass is 10.1. The molecule has 30 heavy (non-hydrogen) atoms. The highest BCUT2D eigenvalue weighted by Crippen LogP contribution is 2.34. The summed E-state index contributed by atoms with van der Waals surface area (Å²) < 4.78 is 11.9. The predicted octanol–water partition coefficient (Wildman–Crippen LogP) is 2.97. The molecule has 1 heterocycles. The van der Waals surface area contributed by atoms with E-state index < -0.39 is 0 Å². The van der Waals surface area contributed by atoms with E-state index in [2.05, 4.69) is 31.2 Å². The summed E-state index contributed by atoms with van der Waals surface area (Å²) in [5, 5.41) is 12.1. The molecule has 0 fully saturated rings. The van der Waals surface area contributed by atoms with E-state index in [1.54, 1.807) is 30.3 Å². The van der Waals surface area contributed by atoms with Crippen molar-refractivity contribution in [3.63, 3.8) is 0 Å². The van der Waals surface area contributed by atoms with Gasteiger partial charge in [-0.25, -0.2) is 4.98 Å². The molecule has 9 nitrogen and oxygen atoms in total. The standard InChI is InChI=1S/C20H17BrN6O3/c1-29-16-8-11(18-14(9-22)19(23)27-20(24)26-18)2-7-15(16)30-10-17(28)25-13-5-3-12(21)4-6-13/h2-8H,10H2,1H3,(H,25,28)(H4,23,24,26,27). The summed E-state index contributed by atoms with van der Waals surface area (Å²) in [6, 6.07) is 14.0. The molecule has 1 amide bonds. The number of hydrogen-bond donors (Lipinski definition) is 3. The third kappa shape index (κ3) is 4.76. The Balaban J connectivity index is 1.77. The van der Waals surface area contributed by atoms with Crippen LogP contribution in [0, 0.1) is 11.3 Å². The first-order valence-corrected chi connectivity index (χ1v) is 9.40. The molecule has 3 aromatic rings. The van der Waals surface area contributed by atoms with Gasteiger partial charge < -0.3 is 26.3 Å². The van der Waals surface area contributed by atoms with Crippen LogP contribution >= 0.6 is 15.9 Å². The highest BCUT2D eigenvalue weighted by atomic mass is 79.9. The van der Waals surface area contributed by atoms with Crippen molar-refractivity contribution in [2.75, 3.05) is 30.5 Å². The topological polar surface area (TPSA) is 149 Å². The molecule has 10 heteroatoms. The van der Waals surface area contributed by atoms with Gasteiger partial charge in [-0.15, -0.1) is 0 Å². The number of ether oxygens (including phenoxy) is 2. The number of amides is 1. The zero-order valence-corrected chi connectivity index (χ0v) is 17.4. The van der Waals surface area contributed by atoms with Gasteiger partial charge in [0.2, 0.25) is 5.95 Å². The third-order valence-electron chi connectivity index (χ3n) is 3.99. The van der Waals surface area contributed by atoms with Crippen LogP contribution in [-0.2, 0) is 4.79 Å². The lowest BCUT2D eigenvalue weighted by Gasteiger charge is -2.13. The van der Waals surface area contributed by atoms with Gasteiger partial charge >= 0.3 is 0 Å². The number of nitrogens with zero attached hydrogens (tertiary/aromatic N) is 3. The van der Waals surface area contributed by atoms with Crippen LogP contribution in [0.2, 0.25) is 0 Å². The van der Waals surface area contributed by atoms with Crippen molar-refractivity contribution in [3.8, 4) is 28.8 Å². The molecule has 0 spiro atoms. The number of nitrogens with one attached hydrogen (secondary N) is 1. The summed E-state index contributed by atoms with van der Waals surface area (Å²) >= 11 is 3.34. The number of nitriles is 1. The Morgan fingerprint density at radius 2 is 1.90 bits per heavy atom. The van der Waals surface area contributed by atoms with Gasteiger partial charge in [-0.05, 0) is 42.5 Å². The molecule has 0 bridgehead atoms. The van der Waals surface area contributed by atoms with Gasteiger partial charge in [0.15, 0.2) is 18.1 Å². The lowest BCUT2D eigenvalue weighted by molar-refractivity contribution is -0.118. The Morgan fingerprint density at radius 1 is 1.17 bits per heavy atom. The molecule has 0 saturated heterocycles. The number of hydrogen-bond acceptors (Lipinski definition) is 8. The molecule has 5 N–H and O–H groups in total. The molecule has 0 radical (unpaired) electrons. The Labute approximate surface area is 180 Å². The van der Waals surface area contributed by atoms with Crippen LogP contribution in [0.15, 0.2) is 46.9 Å². The van der Waals surface area contributed by atoms with Crippen LogP contribution in [0.1, 0.15) is 5.56 Å². The fourth-order valence-corrected chi connectivity index (χ4v) is 2.89. The quantitative estimate of drug-likeness (QED) is 0.499. The van der Waals surface area contributed by atoms with Gasteiger partial charge in [-0.2, -0.15) is 10.2 Å². The minimum absolute atomic E-state index is 0.0103. The normalized spacial score (nSPS) is 10.2. The van der Waals surface area contributed by atoms with E-state index in [1.807, 2.05) is 18.2 Å². The highest BCUT2D eigenvalue weighted by Gasteiger charge is 2.16. The smallest absolute Gasteiger partial charge is 0.262 e. The van der Waals surface area contributed by atoms with Gasteiger partial charge in [0.25, 0.3) is 5.91 Å². The Kier molecular flexibility index (Phi) is 6.34. The number of halogens is 1. The van der Waals surface area contributed by atoms with E-state index in [9.17, 15) is 10.1 Å². The van der Waals surface area contributed by atoms with Crippen molar-refractivity contribution >= 4 is 39.3 Å². The number of methoxy groups -OCH3 is 1. The molecule has 3 rings (SSSR count). The van der Waals surface area contributed by atoms with Crippen LogP contribution in [0.4, 0.5) is 17.5 Å². The van der Waals surface area contributed by atoms with Gasteiger partial charge in [0.05, 0.1) is 12.8 Å². The fourth-order valence-electron chi connectivity index (χ4n) is 2.62. The van der Waals surface area contributed by atoms with Crippen LogP contribution < -0.4 is 26.3 Å². The number of rotatable bonds is 6. The largest absolute Gasteiger partial charge is 0.493 e. The third-order valence-corrected chi connectivity index (χ3v) is 4.52. The average Bonchev–Trinajstić information content (AvgIpc) is 2.73. The summed E-state index contributed by atoms with van der Waals surface area (Å²) in [5.41, 5.74) is 13.0. The lowest BCUT2D eigenvalue weighted by Crippen LogP contribution is -2.20. The van der Waals surface area contributed by atoms with E-state index in [4.69, 9.17) is 20.9 Å². The number of carbonyl (C=O) groups is 1. The molecule has 152 valence electrons. The summed E-state index contributed by atoms with van der Waals surface area (Å²) in [5.74, 6) is 0.310. The second-order valence-electron chi connectivity index (χ2n) is 6.01. The number of anilines is 3. The maximum Gasteiger partial charge on any atom is 0.262 e. The zero-order chi connectivity index (χ0) is 21.7. The molecule has 2 aromatic carbocycles. The van der Waals surface area contributed by atoms with Crippen molar-refractivity contribution < 1.29 is 14.3 Å². The van der Waals surface area contributed by atoms with Crippen molar-refractivity contribution in [1.82, 2.24) is 9.97 Å². The van der Waals surface area contributed by atoms with Gasteiger partial charge in [-0.1, -0.05) is 15.9 Å². The summed E-state index contributed by atoms with van der Waals surface area (Å²) in [7, 11) is 1.46.